The monoisotopic (exact) mass is 259 g/mol. The van der Waals surface area contributed by atoms with Gasteiger partial charge in [0, 0.05) is 17.8 Å². The smallest absolute Gasteiger partial charge is 0.416 e. The maximum atomic E-state index is 12.4. The summed E-state index contributed by atoms with van der Waals surface area (Å²) >= 11 is 0. The summed E-state index contributed by atoms with van der Waals surface area (Å²) in [6.45, 7) is 0. The van der Waals surface area contributed by atoms with Crippen LogP contribution in [-0.2, 0) is 15.8 Å². The molecule has 1 aromatic rings. The average molecular weight is 259 g/mol. The van der Waals surface area contributed by atoms with Crippen LogP contribution in [0.25, 0.3) is 0 Å². The molecule has 0 spiro atoms. The number of hydrogen-bond acceptors (Lipinski definition) is 2. The highest BCUT2D eigenvalue weighted by Crippen LogP contribution is 2.30. The molecule has 1 aromatic carbocycles. The second-order valence-electron chi connectivity index (χ2n) is 3.24. The number of carbonyl (C=O) groups excluding carboxylic acids is 1. The molecule has 0 saturated heterocycles. The van der Waals surface area contributed by atoms with Crippen molar-refractivity contribution in [2.45, 2.75) is 6.18 Å². The Bertz CT molecular complexity index is 495. The van der Waals surface area contributed by atoms with Gasteiger partial charge >= 0.3 is 12.1 Å². The summed E-state index contributed by atoms with van der Waals surface area (Å²) in [5.74, 6) is -2.15. The van der Waals surface area contributed by atoms with Crippen LogP contribution in [0.15, 0.2) is 36.4 Å². The summed E-state index contributed by atoms with van der Waals surface area (Å²) in [6, 6.07) is 4.02. The first-order chi connectivity index (χ1) is 8.29. The van der Waals surface area contributed by atoms with Gasteiger partial charge in [-0.3, -0.25) is 4.79 Å². The molecule has 0 aromatic heterocycles. The van der Waals surface area contributed by atoms with E-state index in [2.05, 4.69) is 5.32 Å². The van der Waals surface area contributed by atoms with Gasteiger partial charge in [0.05, 0.1) is 5.56 Å². The second kappa shape index (κ2) is 5.35. The Hall–Kier alpha value is -2.31. The lowest BCUT2D eigenvalue weighted by Gasteiger charge is -2.08. The molecule has 2 N–H and O–H groups in total. The Labute approximate surface area is 99.7 Å². The van der Waals surface area contributed by atoms with Crippen LogP contribution in [0.2, 0.25) is 0 Å². The van der Waals surface area contributed by atoms with Gasteiger partial charge < -0.3 is 10.4 Å². The number of amides is 1. The predicted molar refractivity (Wildman–Crippen MR) is 56.8 cm³/mol. The van der Waals surface area contributed by atoms with E-state index in [4.69, 9.17) is 5.11 Å². The van der Waals surface area contributed by atoms with Crippen LogP contribution < -0.4 is 5.32 Å². The van der Waals surface area contributed by atoms with Crippen molar-refractivity contribution < 1.29 is 27.9 Å². The lowest BCUT2D eigenvalue weighted by atomic mass is 10.2. The first-order valence-corrected chi connectivity index (χ1v) is 4.68. The predicted octanol–water partition coefficient (Wildman–Crippen LogP) is 2.28. The summed E-state index contributed by atoms with van der Waals surface area (Å²) in [5.41, 5.74) is -0.965. The minimum absolute atomic E-state index is 0.0649. The summed E-state index contributed by atoms with van der Waals surface area (Å²) in [4.78, 5) is 21.3. The van der Waals surface area contributed by atoms with Crippen LogP contribution >= 0.6 is 0 Å². The molecule has 18 heavy (non-hydrogen) atoms. The summed E-state index contributed by atoms with van der Waals surface area (Å²) in [6.07, 6.45) is -3.21. The van der Waals surface area contributed by atoms with E-state index in [0.717, 1.165) is 18.2 Å². The van der Waals surface area contributed by atoms with Crippen LogP contribution in [0.1, 0.15) is 5.56 Å². The molecule has 0 unspecified atom stereocenters. The fraction of sp³-hybridized carbons (Fsp3) is 0.0909. The summed E-state index contributed by atoms with van der Waals surface area (Å²) in [5, 5.41) is 10.4. The molecule has 1 amide bonds. The number of carbonyl (C=O) groups is 2. The summed E-state index contributed by atoms with van der Waals surface area (Å²) < 4.78 is 37.1. The van der Waals surface area contributed by atoms with E-state index in [1.165, 1.54) is 6.07 Å². The third-order valence-corrected chi connectivity index (χ3v) is 1.83. The molecule has 0 heterocycles. The highest BCUT2D eigenvalue weighted by atomic mass is 19.4. The van der Waals surface area contributed by atoms with Gasteiger partial charge in [-0.15, -0.1) is 0 Å². The fourth-order valence-electron chi connectivity index (χ4n) is 1.10. The number of benzene rings is 1. The van der Waals surface area contributed by atoms with Crippen molar-refractivity contribution in [3.05, 3.63) is 42.0 Å². The Morgan fingerprint density at radius 3 is 2.44 bits per heavy atom. The molecule has 4 nitrogen and oxygen atoms in total. The third kappa shape index (κ3) is 4.28. The van der Waals surface area contributed by atoms with Crippen LogP contribution in [0, 0.1) is 0 Å². The molecule has 0 aliphatic carbocycles. The molecule has 0 bridgehead atoms. The third-order valence-electron chi connectivity index (χ3n) is 1.83. The van der Waals surface area contributed by atoms with Crippen molar-refractivity contribution in [3.8, 4) is 0 Å². The van der Waals surface area contributed by atoms with Gasteiger partial charge in [0.25, 0.3) is 0 Å². The van der Waals surface area contributed by atoms with Gasteiger partial charge in [-0.25, -0.2) is 4.79 Å². The number of anilines is 1. The fourth-order valence-corrected chi connectivity index (χ4v) is 1.10. The van der Waals surface area contributed by atoms with Crippen molar-refractivity contribution in [3.63, 3.8) is 0 Å². The molecular weight excluding hydrogens is 251 g/mol. The van der Waals surface area contributed by atoms with Gasteiger partial charge in [0.1, 0.15) is 0 Å². The van der Waals surface area contributed by atoms with E-state index in [-0.39, 0.29) is 5.69 Å². The van der Waals surface area contributed by atoms with E-state index >= 15 is 0 Å². The second-order valence-corrected chi connectivity index (χ2v) is 3.24. The van der Waals surface area contributed by atoms with Crippen molar-refractivity contribution in [1.82, 2.24) is 0 Å². The van der Waals surface area contributed by atoms with E-state index < -0.39 is 23.6 Å². The lowest BCUT2D eigenvalue weighted by molar-refractivity contribution is -0.137. The van der Waals surface area contributed by atoms with Gasteiger partial charge in [0.2, 0.25) is 5.91 Å². The molecule has 96 valence electrons. The maximum absolute atomic E-state index is 12.4. The van der Waals surface area contributed by atoms with Crippen LogP contribution in [0.3, 0.4) is 0 Å². The minimum Gasteiger partial charge on any atom is -0.478 e. The zero-order valence-corrected chi connectivity index (χ0v) is 8.86. The first kappa shape index (κ1) is 13.8. The van der Waals surface area contributed by atoms with Crippen molar-refractivity contribution in [2.75, 3.05) is 5.32 Å². The highest BCUT2D eigenvalue weighted by molar-refractivity contribution is 6.02. The van der Waals surface area contributed by atoms with Crippen molar-refractivity contribution in [2.24, 2.45) is 0 Å². The lowest BCUT2D eigenvalue weighted by Crippen LogP contribution is -2.10. The number of rotatable bonds is 3. The Morgan fingerprint density at radius 2 is 1.89 bits per heavy atom. The van der Waals surface area contributed by atoms with Crippen LogP contribution in [0.4, 0.5) is 18.9 Å². The zero-order chi connectivity index (χ0) is 13.8. The molecule has 0 radical (unpaired) electrons. The SMILES string of the molecule is O=C(O)/C=C/C(=O)Nc1cccc(C(F)(F)F)c1. The van der Waals surface area contributed by atoms with Gasteiger partial charge in [0.15, 0.2) is 0 Å². The average Bonchev–Trinajstić information content (AvgIpc) is 2.25. The first-order valence-electron chi connectivity index (χ1n) is 4.68. The Kier molecular flexibility index (Phi) is 4.09. The molecule has 0 fully saturated rings. The van der Waals surface area contributed by atoms with E-state index in [1.54, 1.807) is 0 Å². The quantitative estimate of drug-likeness (QED) is 0.818. The normalized spacial score (nSPS) is 11.5. The molecule has 0 atom stereocenters. The van der Waals surface area contributed by atoms with Crippen molar-refractivity contribution >= 4 is 17.6 Å². The van der Waals surface area contributed by atoms with Crippen LogP contribution in [-0.4, -0.2) is 17.0 Å². The topological polar surface area (TPSA) is 66.4 Å². The minimum atomic E-state index is -4.50. The number of carboxylic acids is 1. The number of alkyl halides is 3. The van der Waals surface area contributed by atoms with Gasteiger partial charge in [-0.05, 0) is 18.2 Å². The number of halogens is 3. The number of nitrogens with one attached hydrogen (secondary N) is 1. The molecule has 0 aliphatic rings. The van der Waals surface area contributed by atoms with E-state index in [9.17, 15) is 22.8 Å². The highest BCUT2D eigenvalue weighted by Gasteiger charge is 2.30. The Balaban J connectivity index is 2.80. The number of aliphatic carboxylic acids is 1. The molecule has 0 saturated carbocycles. The zero-order valence-electron chi connectivity index (χ0n) is 8.86. The molecular formula is C11H8F3NO3. The molecule has 7 heteroatoms. The Morgan fingerprint density at radius 1 is 1.22 bits per heavy atom. The standard InChI is InChI=1S/C11H8F3NO3/c12-11(13,14)7-2-1-3-8(6-7)15-9(16)4-5-10(17)18/h1-6H,(H,15,16)(H,17,18)/b5-4+. The maximum Gasteiger partial charge on any atom is 0.416 e. The number of hydrogen-bond donors (Lipinski definition) is 2. The van der Waals surface area contributed by atoms with Gasteiger partial charge in [-0.1, -0.05) is 6.07 Å². The summed E-state index contributed by atoms with van der Waals surface area (Å²) in [7, 11) is 0. The van der Waals surface area contributed by atoms with Gasteiger partial charge in [-0.2, -0.15) is 13.2 Å². The van der Waals surface area contributed by atoms with Crippen LogP contribution in [0.5, 0.6) is 0 Å². The van der Waals surface area contributed by atoms with E-state index in [0.29, 0.717) is 12.2 Å². The number of carboxylic acid groups (broad SMARTS) is 1. The van der Waals surface area contributed by atoms with E-state index in [1.807, 2.05) is 0 Å². The van der Waals surface area contributed by atoms with Crippen molar-refractivity contribution in [1.29, 1.82) is 0 Å². The molecule has 1 rings (SSSR count). The largest absolute Gasteiger partial charge is 0.478 e. The molecule has 0 aliphatic heterocycles.